The van der Waals surface area contributed by atoms with Gasteiger partial charge in [0.2, 0.25) is 0 Å². The van der Waals surface area contributed by atoms with Gasteiger partial charge in [-0.25, -0.2) is 9.97 Å². The van der Waals surface area contributed by atoms with Crippen molar-refractivity contribution in [2.24, 2.45) is 0 Å². The predicted molar refractivity (Wildman–Crippen MR) is 80.1 cm³/mol. The zero-order valence-electron chi connectivity index (χ0n) is 11.5. The molecule has 0 amide bonds. The maximum absolute atomic E-state index is 4.49. The molecule has 0 bridgehead atoms. The van der Waals surface area contributed by atoms with Crippen LogP contribution in [0.3, 0.4) is 0 Å². The van der Waals surface area contributed by atoms with E-state index in [1.54, 1.807) is 0 Å². The molecule has 3 nitrogen and oxygen atoms in total. The van der Waals surface area contributed by atoms with Crippen LogP contribution in [0.1, 0.15) is 56.3 Å². The lowest BCUT2D eigenvalue weighted by Gasteiger charge is -2.20. The summed E-state index contributed by atoms with van der Waals surface area (Å²) in [6, 6.07) is 0.751. The molecule has 3 rings (SSSR count). The SMILES string of the molecule is c1nc(CSC2CCCCC2)ncc1CNC1CC1. The summed E-state index contributed by atoms with van der Waals surface area (Å²) in [6.45, 7) is 0.917. The second-order valence-electron chi connectivity index (χ2n) is 5.73. The van der Waals surface area contributed by atoms with Crippen molar-refractivity contribution in [1.82, 2.24) is 15.3 Å². The predicted octanol–water partition coefficient (Wildman–Crippen LogP) is 3.29. The summed E-state index contributed by atoms with van der Waals surface area (Å²) in [6.07, 6.45) is 13.6. The quantitative estimate of drug-likeness (QED) is 0.866. The van der Waals surface area contributed by atoms with Crippen LogP contribution in [0.25, 0.3) is 0 Å². The van der Waals surface area contributed by atoms with Crippen LogP contribution in [-0.4, -0.2) is 21.3 Å². The number of nitrogens with zero attached hydrogens (tertiary/aromatic N) is 2. The molecule has 2 fully saturated rings. The zero-order chi connectivity index (χ0) is 12.9. The highest BCUT2D eigenvalue weighted by Gasteiger charge is 2.20. The third-order valence-corrected chi connectivity index (χ3v) is 5.30. The molecule has 2 aliphatic carbocycles. The fraction of sp³-hybridized carbons (Fsp3) is 0.733. The Balaban J connectivity index is 1.42. The second kappa shape index (κ2) is 6.71. The van der Waals surface area contributed by atoms with Gasteiger partial charge >= 0.3 is 0 Å². The Morgan fingerprint density at radius 3 is 2.47 bits per heavy atom. The van der Waals surface area contributed by atoms with Crippen molar-refractivity contribution in [3.05, 3.63) is 23.8 Å². The highest BCUT2D eigenvalue weighted by atomic mass is 32.2. The molecule has 0 spiro atoms. The summed E-state index contributed by atoms with van der Waals surface area (Å²) in [5.41, 5.74) is 1.21. The average Bonchev–Trinajstić information content (AvgIpc) is 3.29. The molecule has 2 aliphatic rings. The van der Waals surface area contributed by atoms with Crippen molar-refractivity contribution in [2.45, 2.75) is 68.5 Å². The maximum atomic E-state index is 4.49. The van der Waals surface area contributed by atoms with Crippen LogP contribution in [0.5, 0.6) is 0 Å². The summed E-state index contributed by atoms with van der Waals surface area (Å²) >= 11 is 2.04. The third-order valence-electron chi connectivity index (χ3n) is 3.93. The van der Waals surface area contributed by atoms with E-state index in [9.17, 15) is 0 Å². The third kappa shape index (κ3) is 4.46. The van der Waals surface area contributed by atoms with Crippen LogP contribution in [0, 0.1) is 0 Å². The summed E-state index contributed by atoms with van der Waals surface area (Å²) < 4.78 is 0. The minimum atomic E-state index is 0.751. The number of thioether (sulfide) groups is 1. The lowest BCUT2D eigenvalue weighted by atomic mass is 10.0. The van der Waals surface area contributed by atoms with E-state index in [1.807, 2.05) is 24.2 Å². The molecular formula is C15H23N3S. The monoisotopic (exact) mass is 277 g/mol. The van der Waals surface area contributed by atoms with E-state index in [1.165, 1.54) is 50.5 Å². The first-order valence-corrected chi connectivity index (χ1v) is 8.60. The normalized spacial score (nSPS) is 20.6. The molecule has 1 N–H and O–H groups in total. The molecule has 19 heavy (non-hydrogen) atoms. The Hall–Kier alpha value is -0.610. The summed E-state index contributed by atoms with van der Waals surface area (Å²) in [7, 11) is 0. The van der Waals surface area contributed by atoms with E-state index in [4.69, 9.17) is 0 Å². The van der Waals surface area contributed by atoms with Gasteiger partial charge in [-0.1, -0.05) is 19.3 Å². The van der Waals surface area contributed by atoms with Crippen LogP contribution in [0.4, 0.5) is 0 Å². The molecule has 2 saturated carbocycles. The number of hydrogen-bond donors (Lipinski definition) is 1. The van der Waals surface area contributed by atoms with Gasteiger partial charge in [0, 0.05) is 35.8 Å². The lowest BCUT2D eigenvalue weighted by molar-refractivity contribution is 0.516. The highest BCUT2D eigenvalue weighted by Crippen LogP contribution is 2.29. The van der Waals surface area contributed by atoms with Crippen LogP contribution in [0.2, 0.25) is 0 Å². The minimum absolute atomic E-state index is 0.751. The molecule has 104 valence electrons. The minimum Gasteiger partial charge on any atom is -0.310 e. The Morgan fingerprint density at radius 1 is 1.05 bits per heavy atom. The summed E-state index contributed by atoms with van der Waals surface area (Å²) in [5.74, 6) is 1.96. The van der Waals surface area contributed by atoms with E-state index >= 15 is 0 Å². The van der Waals surface area contributed by atoms with Crippen LogP contribution in [-0.2, 0) is 12.3 Å². The molecule has 0 radical (unpaired) electrons. The molecule has 0 aliphatic heterocycles. The first-order valence-electron chi connectivity index (χ1n) is 7.55. The van der Waals surface area contributed by atoms with Gasteiger partial charge in [0.1, 0.15) is 5.82 Å². The standard InChI is InChI=1S/C15H23N3S/c1-2-4-14(5-3-1)19-11-15-17-9-12(10-18-15)8-16-13-6-7-13/h9-10,13-14,16H,1-8,11H2. The van der Waals surface area contributed by atoms with Gasteiger partial charge in [-0.15, -0.1) is 0 Å². The van der Waals surface area contributed by atoms with Gasteiger partial charge in [-0.2, -0.15) is 11.8 Å². The largest absolute Gasteiger partial charge is 0.310 e. The summed E-state index contributed by atoms with van der Waals surface area (Å²) in [4.78, 5) is 8.98. The Kier molecular flexibility index (Phi) is 4.72. The van der Waals surface area contributed by atoms with E-state index in [2.05, 4.69) is 15.3 Å². The van der Waals surface area contributed by atoms with Crippen molar-refractivity contribution in [2.75, 3.05) is 0 Å². The summed E-state index contributed by atoms with van der Waals surface area (Å²) in [5, 5.41) is 4.33. The first-order chi connectivity index (χ1) is 9.40. The van der Waals surface area contributed by atoms with Gasteiger partial charge in [-0.05, 0) is 25.7 Å². The lowest BCUT2D eigenvalue weighted by Crippen LogP contribution is -2.15. The number of rotatable bonds is 6. The van der Waals surface area contributed by atoms with Crippen LogP contribution < -0.4 is 5.32 Å². The van der Waals surface area contributed by atoms with Gasteiger partial charge in [0.05, 0.1) is 5.75 Å². The van der Waals surface area contributed by atoms with Gasteiger partial charge in [0.15, 0.2) is 0 Å². The fourth-order valence-electron chi connectivity index (χ4n) is 2.52. The van der Waals surface area contributed by atoms with E-state index < -0.39 is 0 Å². The number of aromatic nitrogens is 2. The molecule has 0 aromatic carbocycles. The second-order valence-corrected chi connectivity index (χ2v) is 7.02. The zero-order valence-corrected chi connectivity index (χ0v) is 12.3. The van der Waals surface area contributed by atoms with Gasteiger partial charge in [-0.3, -0.25) is 0 Å². The van der Waals surface area contributed by atoms with Crippen LogP contribution in [0.15, 0.2) is 12.4 Å². The van der Waals surface area contributed by atoms with Gasteiger partial charge in [0.25, 0.3) is 0 Å². The van der Waals surface area contributed by atoms with Crippen molar-refractivity contribution < 1.29 is 0 Å². The van der Waals surface area contributed by atoms with Crippen molar-refractivity contribution in [1.29, 1.82) is 0 Å². The van der Waals surface area contributed by atoms with Crippen molar-refractivity contribution in [3.63, 3.8) is 0 Å². The van der Waals surface area contributed by atoms with Gasteiger partial charge < -0.3 is 5.32 Å². The number of hydrogen-bond acceptors (Lipinski definition) is 4. The first kappa shape index (κ1) is 13.4. The maximum Gasteiger partial charge on any atom is 0.138 e. The molecular weight excluding hydrogens is 254 g/mol. The van der Waals surface area contributed by atoms with Crippen molar-refractivity contribution in [3.8, 4) is 0 Å². The topological polar surface area (TPSA) is 37.8 Å². The Morgan fingerprint density at radius 2 is 1.79 bits per heavy atom. The highest BCUT2D eigenvalue weighted by molar-refractivity contribution is 7.99. The molecule has 0 atom stereocenters. The van der Waals surface area contributed by atoms with E-state index in [0.29, 0.717) is 0 Å². The number of nitrogens with one attached hydrogen (secondary N) is 1. The molecule has 1 heterocycles. The van der Waals surface area contributed by atoms with Crippen molar-refractivity contribution >= 4 is 11.8 Å². The fourth-order valence-corrected chi connectivity index (χ4v) is 3.72. The molecule has 0 saturated heterocycles. The smallest absolute Gasteiger partial charge is 0.138 e. The molecule has 1 aromatic heterocycles. The van der Waals surface area contributed by atoms with Crippen LogP contribution >= 0.6 is 11.8 Å². The van der Waals surface area contributed by atoms with E-state index in [-0.39, 0.29) is 0 Å². The van der Waals surface area contributed by atoms with E-state index in [0.717, 1.165) is 29.4 Å². The molecule has 1 aromatic rings. The Bertz CT molecular complexity index is 383. The molecule has 4 heteroatoms. The molecule has 0 unspecified atom stereocenters. The Labute approximate surface area is 120 Å². The average molecular weight is 277 g/mol.